The second kappa shape index (κ2) is 6.95. The maximum absolute atomic E-state index is 10.5. The zero-order chi connectivity index (χ0) is 15.5. The monoisotopic (exact) mass is 294 g/mol. The van der Waals surface area contributed by atoms with E-state index in [0.717, 1.165) is 37.6 Å². The van der Waals surface area contributed by atoms with Gasteiger partial charge in [-0.3, -0.25) is 0 Å². The molecule has 0 radical (unpaired) electrons. The van der Waals surface area contributed by atoms with Gasteiger partial charge in [0.15, 0.2) is 0 Å². The number of rotatable bonds is 6. The maximum atomic E-state index is 10.5. The third-order valence-electron chi connectivity index (χ3n) is 4.22. The molecular weight excluding hydrogens is 264 g/mol. The lowest BCUT2D eigenvalue weighted by Crippen LogP contribution is -2.47. The number of nitrogens with one attached hydrogen (secondary N) is 1. The standard InChI is InChI=1S/C17H30N2O2/c1-13(2)11-19-9-7-15(8-10-19)18-12-17(4,20)16-6-5-14(3)21-16/h5-6,13,15,18,20H,7-12H2,1-4H3. The second-order valence-electron chi connectivity index (χ2n) is 7.03. The lowest BCUT2D eigenvalue weighted by atomic mass is 10.00. The summed E-state index contributed by atoms with van der Waals surface area (Å²) in [6, 6.07) is 4.26. The quantitative estimate of drug-likeness (QED) is 0.846. The van der Waals surface area contributed by atoms with Crippen LogP contribution in [-0.2, 0) is 5.60 Å². The SMILES string of the molecule is Cc1ccc(C(C)(O)CNC2CCN(CC(C)C)CC2)o1. The van der Waals surface area contributed by atoms with Crippen LogP contribution < -0.4 is 5.32 Å². The molecule has 1 aliphatic rings. The van der Waals surface area contributed by atoms with Gasteiger partial charge >= 0.3 is 0 Å². The second-order valence-corrected chi connectivity index (χ2v) is 7.03. The van der Waals surface area contributed by atoms with Crippen molar-refractivity contribution in [3.8, 4) is 0 Å². The summed E-state index contributed by atoms with van der Waals surface area (Å²) in [5, 5.41) is 14.0. The third-order valence-corrected chi connectivity index (χ3v) is 4.22. The van der Waals surface area contributed by atoms with Crippen LogP contribution in [0, 0.1) is 12.8 Å². The first-order valence-electron chi connectivity index (χ1n) is 8.12. The van der Waals surface area contributed by atoms with Gasteiger partial charge in [0.25, 0.3) is 0 Å². The summed E-state index contributed by atoms with van der Waals surface area (Å²) >= 11 is 0. The van der Waals surface area contributed by atoms with Crippen molar-refractivity contribution in [2.24, 2.45) is 5.92 Å². The zero-order valence-corrected chi connectivity index (χ0v) is 13.9. The van der Waals surface area contributed by atoms with Crippen molar-refractivity contribution in [2.45, 2.75) is 52.2 Å². The van der Waals surface area contributed by atoms with Gasteiger partial charge < -0.3 is 19.7 Å². The molecule has 21 heavy (non-hydrogen) atoms. The molecule has 1 aromatic heterocycles. The highest BCUT2D eigenvalue weighted by molar-refractivity contribution is 5.12. The van der Waals surface area contributed by atoms with Crippen molar-refractivity contribution < 1.29 is 9.52 Å². The molecule has 1 fully saturated rings. The molecule has 0 amide bonds. The van der Waals surface area contributed by atoms with Gasteiger partial charge in [0.2, 0.25) is 0 Å². The van der Waals surface area contributed by atoms with Crippen LogP contribution in [-0.4, -0.2) is 42.2 Å². The Kier molecular flexibility index (Phi) is 5.47. The van der Waals surface area contributed by atoms with E-state index in [1.54, 1.807) is 0 Å². The van der Waals surface area contributed by atoms with Crippen LogP contribution in [0.4, 0.5) is 0 Å². The Hall–Kier alpha value is -0.840. The number of piperidine rings is 1. The Balaban J connectivity index is 1.76. The largest absolute Gasteiger partial charge is 0.463 e. The Morgan fingerprint density at radius 1 is 1.38 bits per heavy atom. The van der Waals surface area contributed by atoms with Gasteiger partial charge in [-0.15, -0.1) is 0 Å². The Labute approximate surface area is 128 Å². The first-order chi connectivity index (χ1) is 9.87. The summed E-state index contributed by atoms with van der Waals surface area (Å²) in [5.74, 6) is 2.22. The summed E-state index contributed by atoms with van der Waals surface area (Å²) in [6.07, 6.45) is 2.31. The molecule has 2 rings (SSSR count). The van der Waals surface area contributed by atoms with Crippen molar-refractivity contribution in [1.29, 1.82) is 0 Å². The summed E-state index contributed by atoms with van der Waals surface area (Å²) in [7, 11) is 0. The molecular formula is C17H30N2O2. The summed E-state index contributed by atoms with van der Waals surface area (Å²) in [4.78, 5) is 2.54. The van der Waals surface area contributed by atoms with Gasteiger partial charge in [0, 0.05) is 19.1 Å². The van der Waals surface area contributed by atoms with Gasteiger partial charge in [-0.1, -0.05) is 13.8 Å². The van der Waals surface area contributed by atoms with E-state index in [9.17, 15) is 5.11 Å². The first kappa shape index (κ1) is 16.5. The van der Waals surface area contributed by atoms with E-state index in [1.165, 1.54) is 6.54 Å². The minimum Gasteiger partial charge on any atom is -0.463 e. The number of furan rings is 1. The van der Waals surface area contributed by atoms with Crippen molar-refractivity contribution in [3.63, 3.8) is 0 Å². The van der Waals surface area contributed by atoms with Crippen LogP contribution >= 0.6 is 0 Å². The number of hydrogen-bond acceptors (Lipinski definition) is 4. The van der Waals surface area contributed by atoms with Gasteiger partial charge in [0.05, 0.1) is 0 Å². The van der Waals surface area contributed by atoms with Crippen LogP contribution in [0.5, 0.6) is 0 Å². The lowest BCUT2D eigenvalue weighted by molar-refractivity contribution is 0.0279. The van der Waals surface area contributed by atoms with Crippen LogP contribution in [0.2, 0.25) is 0 Å². The summed E-state index contributed by atoms with van der Waals surface area (Å²) < 4.78 is 5.55. The van der Waals surface area contributed by atoms with Gasteiger partial charge in [-0.25, -0.2) is 0 Å². The van der Waals surface area contributed by atoms with Gasteiger partial charge in [-0.2, -0.15) is 0 Å². The number of aryl methyl sites for hydroxylation is 1. The third kappa shape index (κ3) is 4.83. The van der Waals surface area contributed by atoms with Crippen molar-refractivity contribution >= 4 is 0 Å². The van der Waals surface area contributed by atoms with Crippen LogP contribution in [0.1, 0.15) is 45.1 Å². The van der Waals surface area contributed by atoms with Gasteiger partial charge in [-0.05, 0) is 57.8 Å². The highest BCUT2D eigenvalue weighted by Crippen LogP contribution is 2.23. The fourth-order valence-corrected chi connectivity index (χ4v) is 2.99. The molecule has 0 aromatic carbocycles. The van der Waals surface area contributed by atoms with Crippen molar-refractivity contribution in [1.82, 2.24) is 10.2 Å². The highest BCUT2D eigenvalue weighted by Gasteiger charge is 2.28. The normalized spacial score (nSPS) is 20.9. The Morgan fingerprint density at radius 2 is 2.05 bits per heavy atom. The van der Waals surface area contributed by atoms with Crippen molar-refractivity contribution in [2.75, 3.05) is 26.2 Å². The van der Waals surface area contributed by atoms with E-state index in [-0.39, 0.29) is 0 Å². The predicted molar refractivity (Wildman–Crippen MR) is 85.3 cm³/mol. The highest BCUT2D eigenvalue weighted by atomic mass is 16.4. The van der Waals surface area contributed by atoms with Gasteiger partial charge in [0.1, 0.15) is 17.1 Å². The van der Waals surface area contributed by atoms with E-state index in [1.807, 2.05) is 26.0 Å². The smallest absolute Gasteiger partial charge is 0.136 e. The number of likely N-dealkylation sites (tertiary alicyclic amines) is 1. The van der Waals surface area contributed by atoms with Crippen LogP contribution in [0.15, 0.2) is 16.5 Å². The molecule has 0 aliphatic carbocycles. The first-order valence-corrected chi connectivity index (χ1v) is 8.12. The van der Waals surface area contributed by atoms with E-state index in [4.69, 9.17) is 4.42 Å². The summed E-state index contributed by atoms with van der Waals surface area (Å²) in [5.41, 5.74) is -0.941. The van der Waals surface area contributed by atoms with E-state index in [2.05, 4.69) is 24.1 Å². The average Bonchev–Trinajstić information content (AvgIpc) is 2.85. The molecule has 1 saturated heterocycles. The fraction of sp³-hybridized carbons (Fsp3) is 0.765. The van der Waals surface area contributed by atoms with E-state index >= 15 is 0 Å². The maximum Gasteiger partial charge on any atom is 0.136 e. The van der Waals surface area contributed by atoms with Crippen LogP contribution in [0.25, 0.3) is 0 Å². The molecule has 1 aromatic rings. The zero-order valence-electron chi connectivity index (χ0n) is 13.9. The molecule has 120 valence electrons. The molecule has 4 heteroatoms. The Morgan fingerprint density at radius 3 is 2.57 bits per heavy atom. The van der Waals surface area contributed by atoms with Crippen LogP contribution in [0.3, 0.4) is 0 Å². The lowest BCUT2D eigenvalue weighted by Gasteiger charge is -2.34. The minimum absolute atomic E-state index is 0.496. The summed E-state index contributed by atoms with van der Waals surface area (Å²) in [6.45, 7) is 12.3. The topological polar surface area (TPSA) is 48.6 Å². The molecule has 0 bridgehead atoms. The predicted octanol–water partition coefficient (Wildman–Crippen LogP) is 2.51. The van der Waals surface area contributed by atoms with E-state index in [0.29, 0.717) is 18.3 Å². The number of aliphatic hydroxyl groups is 1. The minimum atomic E-state index is -0.941. The molecule has 4 nitrogen and oxygen atoms in total. The van der Waals surface area contributed by atoms with Crippen molar-refractivity contribution in [3.05, 3.63) is 23.7 Å². The molecule has 2 N–H and O–H groups in total. The molecule has 1 aliphatic heterocycles. The fourth-order valence-electron chi connectivity index (χ4n) is 2.99. The number of nitrogens with zero attached hydrogens (tertiary/aromatic N) is 1. The molecule has 1 atom stereocenters. The molecule has 0 spiro atoms. The molecule has 1 unspecified atom stereocenters. The molecule has 2 heterocycles. The average molecular weight is 294 g/mol. The van der Waals surface area contributed by atoms with E-state index < -0.39 is 5.60 Å². The number of hydrogen-bond donors (Lipinski definition) is 2. The Bertz CT molecular complexity index is 432. The molecule has 0 saturated carbocycles.